The summed E-state index contributed by atoms with van der Waals surface area (Å²) in [6.07, 6.45) is 0. The molecule has 0 atom stereocenters. The Morgan fingerprint density at radius 2 is 1.67 bits per heavy atom. The minimum absolute atomic E-state index is 0.333. The first-order valence-electron chi connectivity index (χ1n) is 2.39. The Hall–Kier alpha value is -0.393. The summed E-state index contributed by atoms with van der Waals surface area (Å²) in [6.45, 7) is 1.31. The molecule has 0 rings (SSSR count). The molecule has 0 aliphatic rings. The molecule has 5 heteroatoms. The fraction of sp³-hybridized carbons (Fsp3) is 0.750. The van der Waals surface area contributed by atoms with Crippen LogP contribution in [-0.2, 0) is 13.6 Å². The molecule has 0 aliphatic carbocycles. The SMILES string of the molecule is CC(N)=O.CO[SiH2]OC. The monoisotopic (exact) mass is 151 g/mol. The van der Waals surface area contributed by atoms with Crippen molar-refractivity contribution in [2.75, 3.05) is 14.2 Å². The van der Waals surface area contributed by atoms with Gasteiger partial charge in [0.25, 0.3) is 0 Å². The van der Waals surface area contributed by atoms with Gasteiger partial charge < -0.3 is 14.6 Å². The first-order valence-corrected chi connectivity index (χ1v) is 3.54. The summed E-state index contributed by atoms with van der Waals surface area (Å²) in [6, 6.07) is 0. The predicted molar refractivity (Wildman–Crippen MR) is 37.4 cm³/mol. The zero-order valence-electron chi connectivity index (χ0n) is 6.01. The lowest BCUT2D eigenvalue weighted by Gasteiger charge is -1.86. The average molecular weight is 151 g/mol. The number of nitrogens with two attached hydrogens (primary N) is 1. The van der Waals surface area contributed by atoms with Crippen LogP contribution < -0.4 is 5.73 Å². The van der Waals surface area contributed by atoms with Gasteiger partial charge in [-0.15, -0.1) is 0 Å². The summed E-state index contributed by atoms with van der Waals surface area (Å²) in [4.78, 5) is 9.22. The molecule has 0 saturated carbocycles. The van der Waals surface area contributed by atoms with Crippen LogP contribution in [0, 0.1) is 0 Å². The molecule has 0 aromatic carbocycles. The molecule has 0 bridgehead atoms. The fourth-order valence-electron chi connectivity index (χ4n) is 0.118. The second kappa shape index (κ2) is 10.6. The third-order valence-electron chi connectivity index (χ3n) is 0.236. The Kier molecular flexibility index (Phi) is 13.4. The van der Waals surface area contributed by atoms with Crippen molar-refractivity contribution in [1.82, 2.24) is 0 Å². The molecule has 9 heavy (non-hydrogen) atoms. The van der Waals surface area contributed by atoms with Gasteiger partial charge in [-0.25, -0.2) is 0 Å². The third-order valence-corrected chi connectivity index (χ3v) is 0.707. The third kappa shape index (κ3) is 92.6. The summed E-state index contributed by atoms with van der Waals surface area (Å²) < 4.78 is 9.22. The van der Waals surface area contributed by atoms with Crippen LogP contribution in [-0.4, -0.2) is 30.1 Å². The standard InChI is InChI=1S/C2H5NO.C2H8O2Si/c1-2(3)4;1-3-5-4-2/h1H3,(H2,3,4);5H2,1-2H3. The van der Waals surface area contributed by atoms with E-state index in [1.54, 1.807) is 14.2 Å². The van der Waals surface area contributed by atoms with Crippen molar-refractivity contribution in [2.45, 2.75) is 6.92 Å². The van der Waals surface area contributed by atoms with Crippen LogP contribution in [0.4, 0.5) is 0 Å². The van der Waals surface area contributed by atoms with Crippen LogP contribution in [0.5, 0.6) is 0 Å². The Morgan fingerprint density at radius 3 is 1.67 bits per heavy atom. The average Bonchev–Trinajstić information content (AvgIpc) is 1.66. The van der Waals surface area contributed by atoms with E-state index in [-0.39, 0.29) is 5.91 Å². The summed E-state index contributed by atoms with van der Waals surface area (Å²) in [7, 11) is 2.73. The molecule has 0 aliphatic heterocycles. The van der Waals surface area contributed by atoms with Gasteiger partial charge >= 0.3 is 10.0 Å². The second-order valence-corrected chi connectivity index (χ2v) is 2.70. The van der Waals surface area contributed by atoms with E-state index in [1.807, 2.05) is 0 Å². The van der Waals surface area contributed by atoms with E-state index in [1.165, 1.54) is 6.92 Å². The van der Waals surface area contributed by atoms with Crippen molar-refractivity contribution in [2.24, 2.45) is 5.73 Å². The number of amides is 1. The van der Waals surface area contributed by atoms with Gasteiger partial charge in [0.2, 0.25) is 5.91 Å². The molecule has 0 aromatic heterocycles. The Labute approximate surface area is 57.4 Å². The summed E-state index contributed by atoms with van der Waals surface area (Å²) in [5, 5.41) is 0. The summed E-state index contributed by atoms with van der Waals surface area (Å²) in [5.41, 5.74) is 4.47. The van der Waals surface area contributed by atoms with Crippen LogP contribution in [0.3, 0.4) is 0 Å². The molecule has 2 N–H and O–H groups in total. The van der Waals surface area contributed by atoms with E-state index in [9.17, 15) is 4.79 Å². The van der Waals surface area contributed by atoms with Gasteiger partial charge in [-0.3, -0.25) is 4.79 Å². The summed E-state index contributed by atoms with van der Waals surface area (Å²) >= 11 is 0. The van der Waals surface area contributed by atoms with Crippen LogP contribution >= 0.6 is 0 Å². The molecule has 56 valence electrons. The van der Waals surface area contributed by atoms with E-state index in [2.05, 4.69) is 14.6 Å². The molecule has 1 amide bonds. The van der Waals surface area contributed by atoms with Crippen molar-refractivity contribution in [3.05, 3.63) is 0 Å². The normalized spacial score (nSPS) is 7.44. The molecule has 0 unspecified atom stereocenters. The number of rotatable bonds is 2. The Bertz CT molecular complexity index is 62.8. The van der Waals surface area contributed by atoms with Crippen LogP contribution in [0.2, 0.25) is 0 Å². The van der Waals surface area contributed by atoms with E-state index < -0.39 is 10.0 Å². The number of hydrogen-bond donors (Lipinski definition) is 1. The highest BCUT2D eigenvalue weighted by atomic mass is 28.3. The first-order chi connectivity index (χ1) is 4.15. The smallest absolute Gasteiger partial charge is 0.303 e. The van der Waals surface area contributed by atoms with Crippen molar-refractivity contribution in [3.8, 4) is 0 Å². The van der Waals surface area contributed by atoms with Crippen molar-refractivity contribution in [1.29, 1.82) is 0 Å². The van der Waals surface area contributed by atoms with Crippen LogP contribution in [0.15, 0.2) is 0 Å². The number of carbonyl (C=O) groups excluding carboxylic acids is 1. The minimum atomic E-state index is -0.568. The highest BCUT2D eigenvalue weighted by molar-refractivity contribution is 6.17. The fourth-order valence-corrected chi connectivity index (χ4v) is 0.354. The summed E-state index contributed by atoms with van der Waals surface area (Å²) in [5.74, 6) is -0.333. The first kappa shape index (κ1) is 11.4. The number of hydrogen-bond acceptors (Lipinski definition) is 3. The topological polar surface area (TPSA) is 61.6 Å². The van der Waals surface area contributed by atoms with Gasteiger partial charge in [0.05, 0.1) is 0 Å². The van der Waals surface area contributed by atoms with E-state index >= 15 is 0 Å². The maximum absolute atomic E-state index is 9.22. The maximum atomic E-state index is 9.22. The lowest BCUT2D eigenvalue weighted by molar-refractivity contribution is -0.115. The molecular formula is C4H13NO3Si. The molecule has 0 spiro atoms. The van der Waals surface area contributed by atoms with Gasteiger partial charge in [-0.05, 0) is 0 Å². The maximum Gasteiger partial charge on any atom is 0.303 e. The zero-order valence-corrected chi connectivity index (χ0v) is 7.42. The predicted octanol–water partition coefficient (Wildman–Crippen LogP) is -1.23. The van der Waals surface area contributed by atoms with E-state index in [4.69, 9.17) is 0 Å². The highest BCUT2D eigenvalue weighted by Crippen LogP contribution is 1.55. The van der Waals surface area contributed by atoms with E-state index in [0.717, 1.165) is 0 Å². The molecule has 4 nitrogen and oxygen atoms in total. The minimum Gasteiger partial charge on any atom is -0.402 e. The lowest BCUT2D eigenvalue weighted by Crippen LogP contribution is -2.01. The molecule has 0 heterocycles. The number of carbonyl (C=O) groups is 1. The van der Waals surface area contributed by atoms with E-state index in [0.29, 0.717) is 0 Å². The molecule has 0 fully saturated rings. The molecule has 0 aromatic rings. The molecule has 0 saturated heterocycles. The van der Waals surface area contributed by atoms with Gasteiger partial charge in [-0.2, -0.15) is 0 Å². The van der Waals surface area contributed by atoms with Gasteiger partial charge in [0, 0.05) is 21.1 Å². The van der Waals surface area contributed by atoms with Gasteiger partial charge in [0.1, 0.15) is 0 Å². The largest absolute Gasteiger partial charge is 0.402 e. The van der Waals surface area contributed by atoms with Gasteiger partial charge in [0.15, 0.2) is 0 Å². The van der Waals surface area contributed by atoms with Crippen LogP contribution in [0.1, 0.15) is 6.92 Å². The van der Waals surface area contributed by atoms with Crippen molar-refractivity contribution < 1.29 is 13.6 Å². The number of primary amides is 1. The molecule has 0 radical (unpaired) electrons. The lowest BCUT2D eigenvalue weighted by atomic mass is 10.8. The van der Waals surface area contributed by atoms with Crippen molar-refractivity contribution in [3.63, 3.8) is 0 Å². The zero-order chi connectivity index (χ0) is 7.70. The Balaban J connectivity index is 0. The van der Waals surface area contributed by atoms with Crippen molar-refractivity contribution >= 4 is 15.9 Å². The molecular weight excluding hydrogens is 138 g/mol. The van der Waals surface area contributed by atoms with Crippen LogP contribution in [0.25, 0.3) is 0 Å². The Morgan fingerprint density at radius 1 is 1.44 bits per heavy atom. The van der Waals surface area contributed by atoms with Gasteiger partial charge in [-0.1, -0.05) is 0 Å². The second-order valence-electron chi connectivity index (χ2n) is 1.31. The highest BCUT2D eigenvalue weighted by Gasteiger charge is 1.67. The quantitative estimate of drug-likeness (QED) is 0.503.